The van der Waals surface area contributed by atoms with E-state index < -0.39 is 35.5 Å². The fraction of sp³-hybridized carbons (Fsp3) is 0.654. The van der Waals surface area contributed by atoms with Gasteiger partial charge in [-0.05, 0) is 64.9 Å². The van der Waals surface area contributed by atoms with E-state index in [-0.39, 0.29) is 12.7 Å². The van der Waals surface area contributed by atoms with Crippen LogP contribution in [0.25, 0.3) is 0 Å². The van der Waals surface area contributed by atoms with Crippen LogP contribution in [0.5, 0.6) is 0 Å². The molecule has 2 N–H and O–H groups in total. The number of nitrogens with one attached hydrogen (secondary N) is 1. The maximum atomic E-state index is 13.5. The fourth-order valence-electron chi connectivity index (χ4n) is 4.20. The first-order valence-corrected chi connectivity index (χ1v) is 12.3. The van der Waals surface area contributed by atoms with Gasteiger partial charge in [0.25, 0.3) is 0 Å². The molecule has 1 saturated carbocycles. The number of hydrogen-bond donors (Lipinski definition) is 2. The van der Waals surface area contributed by atoms with Gasteiger partial charge < -0.3 is 14.8 Å². The first-order chi connectivity index (χ1) is 16.1. The first kappa shape index (κ1) is 27.8. The van der Waals surface area contributed by atoms with Crippen LogP contribution in [0.4, 0.5) is 0 Å². The third kappa shape index (κ3) is 9.06. The number of ether oxygens (including phenoxy) is 2. The average molecular weight is 477 g/mol. The molecule has 1 aromatic carbocycles. The lowest BCUT2D eigenvalue weighted by Gasteiger charge is -2.32. The highest BCUT2D eigenvalue weighted by Crippen LogP contribution is 2.23. The van der Waals surface area contributed by atoms with Crippen molar-refractivity contribution in [2.75, 3.05) is 6.61 Å². The van der Waals surface area contributed by atoms with E-state index in [0.717, 1.165) is 31.2 Å². The fourth-order valence-corrected chi connectivity index (χ4v) is 4.20. The number of nitrogens with zero attached hydrogens (tertiary/aromatic N) is 1. The smallest absolute Gasteiger partial charge is 0.331 e. The summed E-state index contributed by atoms with van der Waals surface area (Å²) in [7, 11) is 0. The van der Waals surface area contributed by atoms with Crippen molar-refractivity contribution in [3.8, 4) is 0 Å². The van der Waals surface area contributed by atoms with E-state index in [1.54, 1.807) is 0 Å². The van der Waals surface area contributed by atoms with Gasteiger partial charge in [0.2, 0.25) is 12.3 Å². The summed E-state index contributed by atoms with van der Waals surface area (Å²) in [5.74, 6) is -1.73. The molecule has 1 aliphatic carbocycles. The Bertz CT molecular complexity index is 773. The molecule has 0 aromatic heterocycles. The highest BCUT2D eigenvalue weighted by Gasteiger charge is 2.36. The summed E-state index contributed by atoms with van der Waals surface area (Å²) in [5.41, 5.74) is 0.378. The quantitative estimate of drug-likeness (QED) is 0.195. The van der Waals surface area contributed by atoms with Crippen LogP contribution >= 0.6 is 0 Å². The molecular formula is C26H40N2O6. The predicted molar refractivity (Wildman–Crippen MR) is 128 cm³/mol. The van der Waals surface area contributed by atoms with Crippen molar-refractivity contribution in [1.29, 1.82) is 0 Å². The molecule has 8 heteroatoms. The van der Waals surface area contributed by atoms with Crippen molar-refractivity contribution in [2.24, 2.45) is 5.92 Å². The summed E-state index contributed by atoms with van der Waals surface area (Å²) >= 11 is 0. The Kier molecular flexibility index (Phi) is 11.0. The molecule has 34 heavy (non-hydrogen) atoms. The number of hydrogen-bond acceptors (Lipinski definition) is 6. The largest absolute Gasteiger partial charge is 0.461 e. The van der Waals surface area contributed by atoms with Gasteiger partial charge in [-0.15, -0.1) is 0 Å². The molecule has 3 atom stereocenters. The minimum atomic E-state index is -0.990. The van der Waals surface area contributed by atoms with Gasteiger partial charge in [0, 0.05) is 0 Å². The van der Waals surface area contributed by atoms with Crippen LogP contribution in [0.3, 0.4) is 0 Å². The second-order valence-corrected chi connectivity index (χ2v) is 9.97. The van der Waals surface area contributed by atoms with Crippen molar-refractivity contribution in [3.05, 3.63) is 35.9 Å². The van der Waals surface area contributed by atoms with E-state index in [0.29, 0.717) is 30.7 Å². The molecule has 0 aliphatic heterocycles. The molecule has 190 valence electrons. The zero-order chi connectivity index (χ0) is 25.1. The van der Waals surface area contributed by atoms with E-state index >= 15 is 0 Å². The molecule has 1 aliphatic rings. The van der Waals surface area contributed by atoms with Crippen molar-refractivity contribution in [1.82, 2.24) is 10.4 Å². The van der Waals surface area contributed by atoms with Gasteiger partial charge >= 0.3 is 5.97 Å². The molecule has 2 amide bonds. The summed E-state index contributed by atoms with van der Waals surface area (Å²) < 4.78 is 11.5. The monoisotopic (exact) mass is 476 g/mol. The third-order valence-electron chi connectivity index (χ3n) is 6.00. The topological polar surface area (TPSA) is 105 Å². The van der Waals surface area contributed by atoms with Crippen molar-refractivity contribution in [2.45, 2.75) is 96.4 Å². The SMILES string of the molecule is CCC[C@@H]([C@@H](Cc1ccccc1)C(=O)N[C@@H](COC(C)(C)C)C(=O)OC1CCCC1)N(O)C=O. The molecule has 1 aromatic rings. The Labute approximate surface area is 202 Å². The van der Waals surface area contributed by atoms with E-state index in [4.69, 9.17) is 9.47 Å². The molecule has 1 fully saturated rings. The Morgan fingerprint density at radius 1 is 1.21 bits per heavy atom. The predicted octanol–water partition coefficient (Wildman–Crippen LogP) is 3.65. The maximum Gasteiger partial charge on any atom is 0.331 e. The van der Waals surface area contributed by atoms with Gasteiger partial charge in [0.05, 0.1) is 24.2 Å². The number of carbonyl (C=O) groups is 3. The number of benzene rings is 1. The molecule has 0 spiro atoms. The van der Waals surface area contributed by atoms with Crippen LogP contribution in [-0.2, 0) is 30.3 Å². The molecule has 0 unspecified atom stereocenters. The van der Waals surface area contributed by atoms with E-state index in [2.05, 4.69) is 5.32 Å². The van der Waals surface area contributed by atoms with Gasteiger partial charge in [0.15, 0.2) is 6.04 Å². The maximum absolute atomic E-state index is 13.5. The third-order valence-corrected chi connectivity index (χ3v) is 6.00. The van der Waals surface area contributed by atoms with E-state index in [9.17, 15) is 19.6 Å². The lowest BCUT2D eigenvalue weighted by atomic mass is 9.88. The van der Waals surface area contributed by atoms with Crippen molar-refractivity contribution < 1.29 is 29.1 Å². The standard InChI is InChI=1S/C26H40N2O6/c1-5-11-23(28(32)18-29)21(16-19-12-7-6-8-13-19)24(30)27-22(17-33-26(2,3)4)25(31)34-20-14-9-10-15-20/h6-8,12-13,18,20-23,32H,5,9-11,14-17H2,1-4H3,(H,27,30)/t21-,22+,23+/m1/s1. The number of hydroxylamine groups is 2. The second kappa shape index (κ2) is 13.4. The zero-order valence-electron chi connectivity index (χ0n) is 20.9. The van der Waals surface area contributed by atoms with Crippen molar-refractivity contribution in [3.63, 3.8) is 0 Å². The molecule has 0 saturated heterocycles. The Morgan fingerprint density at radius 2 is 1.85 bits per heavy atom. The van der Waals surface area contributed by atoms with Gasteiger partial charge in [-0.3, -0.25) is 14.8 Å². The molecule has 8 nitrogen and oxygen atoms in total. The van der Waals surface area contributed by atoms with Crippen LogP contribution in [-0.4, -0.2) is 59.0 Å². The summed E-state index contributed by atoms with van der Waals surface area (Å²) in [6.45, 7) is 7.50. The average Bonchev–Trinajstić information content (AvgIpc) is 3.31. The highest BCUT2D eigenvalue weighted by molar-refractivity contribution is 5.86. The van der Waals surface area contributed by atoms with Crippen LogP contribution in [0, 0.1) is 5.92 Å². The van der Waals surface area contributed by atoms with Crippen LogP contribution < -0.4 is 5.32 Å². The number of rotatable bonds is 13. The van der Waals surface area contributed by atoms with Gasteiger partial charge in [-0.25, -0.2) is 9.86 Å². The van der Waals surface area contributed by atoms with Crippen LogP contribution in [0.1, 0.15) is 71.8 Å². The molecule has 0 heterocycles. The Morgan fingerprint density at radius 3 is 2.41 bits per heavy atom. The Hall–Kier alpha value is -2.45. The van der Waals surface area contributed by atoms with Crippen LogP contribution in [0.2, 0.25) is 0 Å². The molecule has 0 bridgehead atoms. The molecule has 2 rings (SSSR count). The summed E-state index contributed by atoms with van der Waals surface area (Å²) in [6, 6.07) is 7.67. The highest BCUT2D eigenvalue weighted by atomic mass is 16.6. The van der Waals surface area contributed by atoms with Gasteiger partial charge in [-0.1, -0.05) is 43.7 Å². The minimum absolute atomic E-state index is 0.0339. The molecular weight excluding hydrogens is 436 g/mol. The van der Waals surface area contributed by atoms with Gasteiger partial charge in [0.1, 0.15) is 6.10 Å². The number of amides is 2. The van der Waals surface area contributed by atoms with Gasteiger partial charge in [-0.2, -0.15) is 0 Å². The van der Waals surface area contributed by atoms with Crippen molar-refractivity contribution >= 4 is 18.3 Å². The lowest BCUT2D eigenvalue weighted by molar-refractivity contribution is -0.170. The summed E-state index contributed by atoms with van der Waals surface area (Å²) in [6.07, 6.45) is 5.24. The number of esters is 1. The lowest BCUT2D eigenvalue weighted by Crippen LogP contribution is -2.53. The van der Waals surface area contributed by atoms with E-state index in [1.165, 1.54) is 0 Å². The second-order valence-electron chi connectivity index (χ2n) is 9.97. The van der Waals surface area contributed by atoms with E-state index in [1.807, 2.05) is 58.0 Å². The zero-order valence-corrected chi connectivity index (χ0v) is 20.9. The molecule has 0 radical (unpaired) electrons. The minimum Gasteiger partial charge on any atom is -0.461 e. The Balaban J connectivity index is 2.25. The van der Waals surface area contributed by atoms with Crippen LogP contribution in [0.15, 0.2) is 30.3 Å². The summed E-state index contributed by atoms with van der Waals surface area (Å²) in [4.78, 5) is 37.9. The normalized spacial score (nSPS) is 17.0. The summed E-state index contributed by atoms with van der Waals surface area (Å²) in [5, 5.41) is 13.6. The first-order valence-electron chi connectivity index (χ1n) is 12.3. The number of carbonyl (C=O) groups excluding carboxylic acids is 3.